The first kappa shape index (κ1) is 13.7. The Morgan fingerprint density at radius 3 is 2.70 bits per heavy atom. The van der Waals surface area contributed by atoms with Crippen LogP contribution in [0.4, 0.5) is 0 Å². The van der Waals surface area contributed by atoms with E-state index in [2.05, 4.69) is 36.8 Å². The van der Waals surface area contributed by atoms with Gasteiger partial charge in [0.05, 0.1) is 10.7 Å². The van der Waals surface area contributed by atoms with Gasteiger partial charge in [-0.05, 0) is 17.8 Å². The fourth-order valence-electron chi connectivity index (χ4n) is 2.85. The highest BCUT2D eigenvalue weighted by atomic mass is 32.1. The van der Waals surface area contributed by atoms with E-state index in [1.54, 1.807) is 11.3 Å². The minimum atomic E-state index is 0.333. The van der Waals surface area contributed by atoms with Gasteiger partial charge in [-0.15, -0.1) is 11.3 Å². The van der Waals surface area contributed by atoms with Gasteiger partial charge < -0.3 is 0 Å². The zero-order valence-corrected chi connectivity index (χ0v) is 12.8. The molecule has 1 aliphatic carbocycles. The summed E-state index contributed by atoms with van der Waals surface area (Å²) in [7, 11) is 0. The molecule has 3 rings (SSSR count). The first-order chi connectivity index (χ1) is 9.60. The predicted octanol–water partition coefficient (Wildman–Crippen LogP) is 3.23. The van der Waals surface area contributed by atoms with Crippen molar-refractivity contribution >= 4 is 11.3 Å². The molecule has 0 saturated heterocycles. The molecule has 4 heteroatoms. The van der Waals surface area contributed by atoms with Crippen molar-refractivity contribution in [2.45, 2.75) is 32.7 Å². The van der Waals surface area contributed by atoms with Crippen molar-refractivity contribution in [1.29, 1.82) is 0 Å². The molecule has 20 heavy (non-hydrogen) atoms. The molecule has 1 saturated carbocycles. The van der Waals surface area contributed by atoms with Crippen molar-refractivity contribution in [1.82, 2.24) is 10.4 Å². The zero-order valence-electron chi connectivity index (χ0n) is 12.0. The number of hydrogen-bond donors (Lipinski definition) is 2. The maximum Gasteiger partial charge on any atom is 0.0948 e. The summed E-state index contributed by atoms with van der Waals surface area (Å²) in [6.07, 6.45) is 2.17. The summed E-state index contributed by atoms with van der Waals surface area (Å²) in [4.78, 5) is 4.75. The lowest BCUT2D eigenvalue weighted by atomic mass is 10.0. The zero-order chi connectivity index (χ0) is 14.2. The van der Waals surface area contributed by atoms with Crippen molar-refractivity contribution in [2.75, 3.05) is 0 Å². The molecule has 1 aromatic heterocycles. The molecule has 0 bridgehead atoms. The highest BCUT2D eigenvalue weighted by Crippen LogP contribution is 2.53. The molecule has 3 N–H and O–H groups in total. The second kappa shape index (κ2) is 5.28. The average Bonchev–Trinajstić information content (AvgIpc) is 2.89. The van der Waals surface area contributed by atoms with E-state index < -0.39 is 0 Å². The Balaban J connectivity index is 1.71. The fourth-order valence-corrected chi connectivity index (χ4v) is 3.71. The van der Waals surface area contributed by atoms with E-state index >= 15 is 0 Å². The van der Waals surface area contributed by atoms with Gasteiger partial charge in [0.2, 0.25) is 0 Å². The van der Waals surface area contributed by atoms with Crippen LogP contribution in [-0.2, 0) is 6.42 Å². The lowest BCUT2D eigenvalue weighted by Gasteiger charge is -2.16. The van der Waals surface area contributed by atoms with Crippen LogP contribution in [0, 0.1) is 11.3 Å². The lowest BCUT2D eigenvalue weighted by Crippen LogP contribution is -2.39. The third-order valence-corrected chi connectivity index (χ3v) is 5.18. The number of benzene rings is 1. The Hall–Kier alpha value is -1.23. The van der Waals surface area contributed by atoms with Crippen LogP contribution in [0.3, 0.4) is 0 Å². The largest absolute Gasteiger partial charge is 0.271 e. The number of rotatable bonds is 5. The van der Waals surface area contributed by atoms with E-state index in [1.165, 1.54) is 12.0 Å². The van der Waals surface area contributed by atoms with E-state index in [9.17, 15) is 0 Å². The second-order valence-corrected chi connectivity index (χ2v) is 7.21. The Labute approximate surface area is 124 Å². The van der Waals surface area contributed by atoms with Crippen molar-refractivity contribution in [3.8, 4) is 11.3 Å². The van der Waals surface area contributed by atoms with Gasteiger partial charge in [0.1, 0.15) is 0 Å². The Kier molecular flexibility index (Phi) is 3.63. The summed E-state index contributed by atoms with van der Waals surface area (Å²) in [5, 5.41) is 3.30. The first-order valence-corrected chi connectivity index (χ1v) is 7.94. The number of nitrogens with two attached hydrogens (primary N) is 1. The second-order valence-electron chi connectivity index (χ2n) is 6.27. The van der Waals surface area contributed by atoms with Gasteiger partial charge in [-0.3, -0.25) is 11.3 Å². The molecule has 0 spiro atoms. The van der Waals surface area contributed by atoms with Crippen LogP contribution in [0.1, 0.15) is 25.3 Å². The predicted molar refractivity (Wildman–Crippen MR) is 84.3 cm³/mol. The molecule has 1 fully saturated rings. The van der Waals surface area contributed by atoms with Crippen molar-refractivity contribution in [2.24, 2.45) is 17.2 Å². The quantitative estimate of drug-likeness (QED) is 0.656. The Bertz CT molecular complexity index is 576. The molecule has 106 valence electrons. The minimum Gasteiger partial charge on any atom is -0.271 e. The number of thiazole rings is 1. The standard InChI is InChI=1S/C16H21N3S/c1-16(2)9-12(16)13(19-17)8-15-18-14(10-20-15)11-6-4-3-5-7-11/h3-7,10,12-13,19H,8-9,17H2,1-2H3. The van der Waals surface area contributed by atoms with Crippen LogP contribution in [0.2, 0.25) is 0 Å². The summed E-state index contributed by atoms with van der Waals surface area (Å²) < 4.78 is 0. The summed E-state index contributed by atoms with van der Waals surface area (Å²) >= 11 is 1.73. The number of nitrogens with zero attached hydrogens (tertiary/aromatic N) is 1. The molecule has 0 aliphatic heterocycles. The molecular formula is C16H21N3S. The van der Waals surface area contributed by atoms with Gasteiger partial charge in [-0.25, -0.2) is 4.98 Å². The molecule has 0 radical (unpaired) electrons. The number of aromatic nitrogens is 1. The number of nitrogens with one attached hydrogen (secondary N) is 1. The van der Waals surface area contributed by atoms with Crippen LogP contribution >= 0.6 is 11.3 Å². The molecule has 2 atom stereocenters. The number of hydrazine groups is 1. The smallest absolute Gasteiger partial charge is 0.0948 e. The summed E-state index contributed by atoms with van der Waals surface area (Å²) in [5.41, 5.74) is 5.66. The van der Waals surface area contributed by atoms with Crippen LogP contribution < -0.4 is 11.3 Å². The molecule has 2 aromatic rings. The lowest BCUT2D eigenvalue weighted by molar-refractivity contribution is 0.408. The van der Waals surface area contributed by atoms with Gasteiger partial charge in [0.15, 0.2) is 0 Å². The first-order valence-electron chi connectivity index (χ1n) is 7.06. The fraction of sp³-hybridized carbons (Fsp3) is 0.438. The normalized spacial score (nSPS) is 21.6. The van der Waals surface area contributed by atoms with Crippen molar-refractivity contribution in [3.05, 3.63) is 40.7 Å². The molecule has 1 heterocycles. The van der Waals surface area contributed by atoms with E-state index in [4.69, 9.17) is 10.8 Å². The topological polar surface area (TPSA) is 50.9 Å². The van der Waals surface area contributed by atoms with E-state index in [1.807, 2.05) is 18.2 Å². The van der Waals surface area contributed by atoms with Crippen LogP contribution in [0.5, 0.6) is 0 Å². The molecule has 0 amide bonds. The highest BCUT2D eigenvalue weighted by Gasteiger charge is 2.49. The van der Waals surface area contributed by atoms with Crippen molar-refractivity contribution in [3.63, 3.8) is 0 Å². The van der Waals surface area contributed by atoms with Gasteiger partial charge in [-0.1, -0.05) is 44.2 Å². The van der Waals surface area contributed by atoms with E-state index in [0.717, 1.165) is 17.1 Å². The minimum absolute atomic E-state index is 0.333. The Morgan fingerprint density at radius 1 is 1.40 bits per heavy atom. The SMILES string of the molecule is CC1(C)CC1C(Cc1nc(-c2ccccc2)cs1)NN. The van der Waals surface area contributed by atoms with Gasteiger partial charge in [0.25, 0.3) is 0 Å². The maximum absolute atomic E-state index is 5.73. The van der Waals surface area contributed by atoms with Crippen LogP contribution in [-0.4, -0.2) is 11.0 Å². The van der Waals surface area contributed by atoms with E-state index in [0.29, 0.717) is 17.4 Å². The van der Waals surface area contributed by atoms with Gasteiger partial charge in [0, 0.05) is 23.4 Å². The monoisotopic (exact) mass is 287 g/mol. The maximum atomic E-state index is 5.73. The Morgan fingerprint density at radius 2 is 2.10 bits per heavy atom. The molecule has 3 nitrogen and oxygen atoms in total. The molecular weight excluding hydrogens is 266 g/mol. The third-order valence-electron chi connectivity index (χ3n) is 4.31. The number of hydrogen-bond acceptors (Lipinski definition) is 4. The van der Waals surface area contributed by atoms with E-state index in [-0.39, 0.29) is 0 Å². The molecule has 1 aromatic carbocycles. The summed E-state index contributed by atoms with van der Waals surface area (Å²) in [5.74, 6) is 6.39. The molecule has 2 unspecified atom stereocenters. The summed E-state index contributed by atoms with van der Waals surface area (Å²) in [6, 6.07) is 10.7. The van der Waals surface area contributed by atoms with Crippen LogP contribution in [0.25, 0.3) is 11.3 Å². The van der Waals surface area contributed by atoms with Gasteiger partial charge >= 0.3 is 0 Å². The summed E-state index contributed by atoms with van der Waals surface area (Å²) in [6.45, 7) is 4.61. The third kappa shape index (κ3) is 2.77. The highest BCUT2D eigenvalue weighted by molar-refractivity contribution is 7.09. The molecule has 1 aliphatic rings. The van der Waals surface area contributed by atoms with Crippen molar-refractivity contribution < 1.29 is 0 Å². The van der Waals surface area contributed by atoms with Crippen LogP contribution in [0.15, 0.2) is 35.7 Å². The van der Waals surface area contributed by atoms with Gasteiger partial charge in [-0.2, -0.15) is 0 Å². The average molecular weight is 287 g/mol.